The maximum Gasteiger partial charge on any atom is 0.128 e. The largest absolute Gasteiger partial charge is 0.336 e. The highest BCUT2D eigenvalue weighted by Crippen LogP contribution is 2.41. The van der Waals surface area contributed by atoms with Gasteiger partial charge in [0.05, 0.1) is 13.1 Å². The second kappa shape index (κ2) is 12.5. The summed E-state index contributed by atoms with van der Waals surface area (Å²) in [4.78, 5) is 2.20. The third-order valence-electron chi connectivity index (χ3n) is 9.99. The van der Waals surface area contributed by atoms with Crippen LogP contribution in [0.1, 0.15) is 16.7 Å². The second-order valence-corrected chi connectivity index (χ2v) is 13.3. The summed E-state index contributed by atoms with van der Waals surface area (Å²) >= 11 is 0. The molecule has 0 saturated carbocycles. The Morgan fingerprint density at radius 2 is 0.846 bits per heavy atom. The first-order valence-electron chi connectivity index (χ1n) is 17.1. The van der Waals surface area contributed by atoms with Gasteiger partial charge < -0.3 is 14.0 Å². The molecular weight excluding hydrogens is 659 g/mol. The van der Waals surface area contributed by atoms with Gasteiger partial charge in [0.15, 0.2) is 0 Å². The van der Waals surface area contributed by atoms with E-state index < -0.39 is 23.3 Å². The van der Waals surface area contributed by atoms with E-state index >= 15 is 0 Å². The number of fused-ring (bicyclic) bond motifs is 6. The molecule has 0 radical (unpaired) electrons. The lowest BCUT2D eigenvalue weighted by molar-refractivity contribution is 0.580. The first kappa shape index (κ1) is 31.6. The van der Waals surface area contributed by atoms with Gasteiger partial charge in [-0.1, -0.05) is 54.1 Å². The predicted octanol–water partition coefficient (Wildman–Crippen LogP) is 12.3. The molecule has 7 heteroatoms. The first-order chi connectivity index (χ1) is 25.3. The summed E-state index contributed by atoms with van der Waals surface area (Å²) in [6.07, 6.45) is 0. The zero-order valence-electron chi connectivity index (χ0n) is 28.1. The maximum absolute atomic E-state index is 14.9. The molecule has 0 amide bonds. The summed E-state index contributed by atoms with van der Waals surface area (Å²) in [7, 11) is 0. The highest BCUT2D eigenvalue weighted by molar-refractivity contribution is 6.11. The number of hydrogen-bond acceptors (Lipinski definition) is 1. The monoisotopic (exact) mass is 689 g/mol. The van der Waals surface area contributed by atoms with Crippen molar-refractivity contribution < 1.29 is 17.6 Å². The Balaban J connectivity index is 1.22. The highest BCUT2D eigenvalue weighted by atomic mass is 19.1. The quantitative estimate of drug-likeness (QED) is 0.152. The summed E-state index contributed by atoms with van der Waals surface area (Å²) in [5, 5.41) is 3.97. The number of benzene rings is 7. The van der Waals surface area contributed by atoms with Crippen molar-refractivity contribution in [2.24, 2.45) is 0 Å². The molecule has 0 N–H and O–H groups in total. The SMILES string of the molecule is Cc1ccc(N(c2ccc3c(c2)c2ccccc2n3Cc2cc(F)ccc2F)c2ccc3c(c2)c2ccccc2n3Cc2cc(F)ccc2F)cc1. The van der Waals surface area contributed by atoms with Crippen LogP contribution in [0.2, 0.25) is 0 Å². The van der Waals surface area contributed by atoms with Crippen LogP contribution in [0, 0.1) is 30.2 Å². The Morgan fingerprint density at radius 3 is 1.33 bits per heavy atom. The lowest BCUT2D eigenvalue weighted by Crippen LogP contribution is -2.10. The number of anilines is 3. The third-order valence-corrected chi connectivity index (χ3v) is 9.99. The van der Waals surface area contributed by atoms with E-state index in [0.29, 0.717) is 0 Å². The molecule has 0 aliphatic rings. The number of nitrogens with zero attached hydrogens (tertiary/aromatic N) is 3. The summed E-state index contributed by atoms with van der Waals surface area (Å²) in [5.74, 6) is -1.86. The zero-order chi connectivity index (χ0) is 35.5. The van der Waals surface area contributed by atoms with Crippen LogP contribution in [0.15, 0.2) is 146 Å². The Morgan fingerprint density at radius 1 is 0.423 bits per heavy atom. The molecule has 254 valence electrons. The predicted molar refractivity (Wildman–Crippen MR) is 203 cm³/mol. The van der Waals surface area contributed by atoms with Gasteiger partial charge in [-0.2, -0.15) is 0 Å². The van der Waals surface area contributed by atoms with E-state index in [1.54, 1.807) is 0 Å². The number of halogens is 4. The Kier molecular flexibility index (Phi) is 7.58. The van der Waals surface area contributed by atoms with Crippen LogP contribution < -0.4 is 4.90 Å². The highest BCUT2D eigenvalue weighted by Gasteiger charge is 2.20. The third kappa shape index (κ3) is 5.37. The summed E-state index contributed by atoms with van der Waals surface area (Å²) in [6.45, 7) is 2.41. The first-order valence-corrected chi connectivity index (χ1v) is 17.1. The van der Waals surface area contributed by atoms with Gasteiger partial charge in [-0.25, -0.2) is 17.6 Å². The summed E-state index contributed by atoms with van der Waals surface area (Å²) in [5.41, 5.74) is 8.13. The van der Waals surface area contributed by atoms with Crippen molar-refractivity contribution in [1.29, 1.82) is 0 Å². The topological polar surface area (TPSA) is 13.1 Å². The number of hydrogen-bond donors (Lipinski definition) is 0. The molecule has 0 aliphatic carbocycles. The molecule has 0 spiro atoms. The molecule has 52 heavy (non-hydrogen) atoms. The molecule has 0 bridgehead atoms. The lowest BCUT2D eigenvalue weighted by Gasteiger charge is -2.26. The van der Waals surface area contributed by atoms with Crippen molar-refractivity contribution in [3.05, 3.63) is 186 Å². The van der Waals surface area contributed by atoms with E-state index in [-0.39, 0.29) is 24.2 Å². The Labute approximate surface area is 297 Å². The molecule has 0 fully saturated rings. The van der Waals surface area contributed by atoms with Crippen LogP contribution in [-0.4, -0.2) is 9.13 Å². The molecule has 0 aliphatic heterocycles. The number of aromatic nitrogens is 2. The standard InChI is InChI=1S/C45H31F4N3/c1-28-10-14-33(15-11-28)52(34-16-20-44-38(24-34)36-6-2-4-8-42(36)50(44)26-29-22-31(46)12-18-40(29)48)35-17-21-45-39(25-35)37-7-3-5-9-43(37)51(45)27-30-23-32(47)13-19-41(30)49/h2-25H,26-27H2,1H3. The lowest BCUT2D eigenvalue weighted by atomic mass is 10.1. The zero-order valence-corrected chi connectivity index (χ0v) is 28.1. The van der Waals surface area contributed by atoms with E-state index in [9.17, 15) is 17.6 Å². The van der Waals surface area contributed by atoms with Crippen LogP contribution in [0.4, 0.5) is 34.6 Å². The summed E-state index contributed by atoms with van der Waals surface area (Å²) in [6, 6.07) is 44.0. The Hall–Kier alpha value is -6.34. The number of rotatable bonds is 7. The van der Waals surface area contributed by atoms with Crippen LogP contribution in [0.25, 0.3) is 43.6 Å². The molecule has 0 saturated heterocycles. The number of aryl methyl sites for hydroxylation is 1. The maximum atomic E-state index is 14.9. The van der Waals surface area contributed by atoms with Crippen molar-refractivity contribution in [1.82, 2.24) is 9.13 Å². The van der Waals surface area contributed by atoms with Crippen molar-refractivity contribution in [3.8, 4) is 0 Å². The van der Waals surface area contributed by atoms with Gasteiger partial charge in [-0.05, 0) is 104 Å². The van der Waals surface area contributed by atoms with E-state index in [0.717, 1.165) is 78.4 Å². The van der Waals surface area contributed by atoms with Gasteiger partial charge in [0.2, 0.25) is 0 Å². The average molecular weight is 690 g/mol. The van der Waals surface area contributed by atoms with Gasteiger partial charge in [-0.15, -0.1) is 0 Å². The van der Waals surface area contributed by atoms with E-state index in [1.807, 2.05) is 57.7 Å². The second-order valence-electron chi connectivity index (χ2n) is 13.3. The normalized spacial score (nSPS) is 11.7. The van der Waals surface area contributed by atoms with Gasteiger partial charge in [0.25, 0.3) is 0 Å². The fraction of sp³-hybridized carbons (Fsp3) is 0.0667. The van der Waals surface area contributed by atoms with Crippen molar-refractivity contribution in [2.45, 2.75) is 20.0 Å². The molecule has 2 aromatic heterocycles. The van der Waals surface area contributed by atoms with Crippen LogP contribution >= 0.6 is 0 Å². The van der Waals surface area contributed by atoms with Gasteiger partial charge in [0.1, 0.15) is 23.3 Å². The van der Waals surface area contributed by atoms with E-state index in [2.05, 4.69) is 72.5 Å². The molecule has 2 heterocycles. The van der Waals surface area contributed by atoms with Crippen LogP contribution in [0.5, 0.6) is 0 Å². The fourth-order valence-corrected chi connectivity index (χ4v) is 7.51. The average Bonchev–Trinajstić information content (AvgIpc) is 3.64. The van der Waals surface area contributed by atoms with Crippen LogP contribution in [-0.2, 0) is 13.1 Å². The van der Waals surface area contributed by atoms with Gasteiger partial charge in [-0.3, -0.25) is 0 Å². The van der Waals surface area contributed by atoms with Crippen molar-refractivity contribution >= 4 is 60.7 Å². The summed E-state index contributed by atoms with van der Waals surface area (Å²) < 4.78 is 62.2. The molecule has 7 aromatic carbocycles. The van der Waals surface area contributed by atoms with Crippen molar-refractivity contribution in [2.75, 3.05) is 4.90 Å². The minimum absolute atomic E-state index is 0.175. The molecule has 3 nitrogen and oxygen atoms in total. The fourth-order valence-electron chi connectivity index (χ4n) is 7.51. The molecule has 0 unspecified atom stereocenters. The smallest absolute Gasteiger partial charge is 0.128 e. The molecule has 9 aromatic rings. The van der Waals surface area contributed by atoms with Crippen molar-refractivity contribution in [3.63, 3.8) is 0 Å². The Bertz CT molecular complexity index is 2640. The minimum atomic E-state index is -0.477. The molecular formula is C45H31F4N3. The molecule has 0 atom stereocenters. The molecule has 9 rings (SSSR count). The van der Waals surface area contributed by atoms with E-state index in [1.165, 1.54) is 24.3 Å². The van der Waals surface area contributed by atoms with Crippen LogP contribution in [0.3, 0.4) is 0 Å². The minimum Gasteiger partial charge on any atom is -0.336 e. The van der Waals surface area contributed by atoms with Gasteiger partial charge in [0, 0.05) is 71.8 Å². The van der Waals surface area contributed by atoms with E-state index in [4.69, 9.17) is 0 Å². The van der Waals surface area contributed by atoms with Gasteiger partial charge >= 0.3 is 0 Å². The number of para-hydroxylation sites is 2.